The van der Waals surface area contributed by atoms with E-state index in [1.165, 1.54) is 0 Å². The maximum Gasteiger partial charge on any atom is 0.231 e. The van der Waals surface area contributed by atoms with E-state index in [4.69, 9.17) is 10.3 Å². The first kappa shape index (κ1) is 11.7. The first-order chi connectivity index (χ1) is 8.33. The van der Waals surface area contributed by atoms with Crippen LogP contribution in [-0.4, -0.2) is 21.7 Å². The van der Waals surface area contributed by atoms with Crippen molar-refractivity contribution in [3.8, 4) is 0 Å². The molecule has 5 heteroatoms. The summed E-state index contributed by atoms with van der Waals surface area (Å²) >= 11 is 0. The smallest absolute Gasteiger partial charge is 0.231 e. The van der Waals surface area contributed by atoms with Gasteiger partial charge in [-0.25, -0.2) is 0 Å². The van der Waals surface area contributed by atoms with Gasteiger partial charge in [0.05, 0.1) is 5.92 Å². The van der Waals surface area contributed by atoms with E-state index in [1.54, 1.807) is 12.4 Å². The summed E-state index contributed by atoms with van der Waals surface area (Å²) in [6, 6.07) is 3.88. The summed E-state index contributed by atoms with van der Waals surface area (Å²) < 4.78 is 5.22. The number of nitrogens with two attached hydrogens (primary N) is 1. The van der Waals surface area contributed by atoms with Crippen LogP contribution in [0.2, 0.25) is 0 Å². The maximum atomic E-state index is 5.64. The lowest BCUT2D eigenvalue weighted by Crippen LogP contribution is -2.11. The minimum absolute atomic E-state index is 0.161. The molecule has 0 spiro atoms. The summed E-state index contributed by atoms with van der Waals surface area (Å²) in [5.74, 6) is 1.49. The zero-order valence-electron chi connectivity index (χ0n) is 9.84. The third-order valence-electron chi connectivity index (χ3n) is 2.72. The quantitative estimate of drug-likeness (QED) is 0.845. The lowest BCUT2D eigenvalue weighted by atomic mass is 10.1. The SMILES string of the molecule is CCC(CN)c1nc(Cc2ccncc2)no1. The molecule has 0 aliphatic heterocycles. The maximum absolute atomic E-state index is 5.64. The van der Waals surface area contributed by atoms with Crippen molar-refractivity contribution >= 4 is 0 Å². The molecule has 0 saturated carbocycles. The number of hydrogen-bond acceptors (Lipinski definition) is 5. The summed E-state index contributed by atoms with van der Waals surface area (Å²) in [6.45, 7) is 2.59. The molecule has 0 radical (unpaired) electrons. The van der Waals surface area contributed by atoms with Gasteiger partial charge in [0.25, 0.3) is 0 Å². The van der Waals surface area contributed by atoms with Crippen molar-refractivity contribution in [1.29, 1.82) is 0 Å². The fourth-order valence-corrected chi connectivity index (χ4v) is 1.63. The van der Waals surface area contributed by atoms with Gasteiger partial charge in [0.15, 0.2) is 5.82 Å². The topological polar surface area (TPSA) is 77.8 Å². The molecule has 0 bridgehead atoms. The molecule has 2 aromatic heterocycles. The Morgan fingerprint density at radius 1 is 1.35 bits per heavy atom. The molecular weight excluding hydrogens is 216 g/mol. The van der Waals surface area contributed by atoms with E-state index < -0.39 is 0 Å². The molecule has 0 aliphatic rings. The second-order valence-corrected chi connectivity index (χ2v) is 3.92. The molecule has 2 rings (SSSR count). The van der Waals surface area contributed by atoms with Crippen LogP contribution in [0.5, 0.6) is 0 Å². The Bertz CT molecular complexity index is 451. The molecule has 0 amide bonds. The Kier molecular flexibility index (Phi) is 3.82. The van der Waals surface area contributed by atoms with Crippen molar-refractivity contribution < 1.29 is 4.52 Å². The van der Waals surface area contributed by atoms with Gasteiger partial charge in [-0.1, -0.05) is 12.1 Å². The highest BCUT2D eigenvalue weighted by Crippen LogP contribution is 2.16. The minimum Gasteiger partial charge on any atom is -0.339 e. The second-order valence-electron chi connectivity index (χ2n) is 3.92. The van der Waals surface area contributed by atoms with Gasteiger partial charge in [0.2, 0.25) is 5.89 Å². The van der Waals surface area contributed by atoms with Gasteiger partial charge in [0, 0.05) is 25.4 Å². The molecule has 2 N–H and O–H groups in total. The highest BCUT2D eigenvalue weighted by molar-refractivity contribution is 5.14. The molecule has 17 heavy (non-hydrogen) atoms. The van der Waals surface area contributed by atoms with Crippen LogP contribution >= 0.6 is 0 Å². The molecule has 2 heterocycles. The van der Waals surface area contributed by atoms with E-state index in [2.05, 4.69) is 22.0 Å². The Labute approximate surface area is 100 Å². The second kappa shape index (κ2) is 5.54. The zero-order valence-corrected chi connectivity index (χ0v) is 9.84. The first-order valence-corrected chi connectivity index (χ1v) is 5.75. The normalized spacial score (nSPS) is 12.6. The highest BCUT2D eigenvalue weighted by atomic mass is 16.5. The fraction of sp³-hybridized carbons (Fsp3) is 0.417. The van der Waals surface area contributed by atoms with Gasteiger partial charge in [-0.3, -0.25) is 4.98 Å². The summed E-state index contributed by atoms with van der Waals surface area (Å²) in [6.07, 6.45) is 5.08. The molecule has 0 aliphatic carbocycles. The van der Waals surface area contributed by atoms with Gasteiger partial charge in [-0.05, 0) is 24.1 Å². The predicted octanol–water partition coefficient (Wildman–Crippen LogP) is 1.51. The Balaban J connectivity index is 2.08. The molecule has 0 fully saturated rings. The van der Waals surface area contributed by atoms with Crippen molar-refractivity contribution in [2.75, 3.05) is 6.54 Å². The summed E-state index contributed by atoms with van der Waals surface area (Å²) in [5.41, 5.74) is 6.76. The number of nitrogens with zero attached hydrogens (tertiary/aromatic N) is 3. The number of pyridine rings is 1. The average molecular weight is 232 g/mol. The third kappa shape index (κ3) is 2.88. The highest BCUT2D eigenvalue weighted by Gasteiger charge is 2.15. The fourth-order valence-electron chi connectivity index (χ4n) is 1.63. The molecule has 1 unspecified atom stereocenters. The molecule has 5 nitrogen and oxygen atoms in total. The Morgan fingerprint density at radius 2 is 2.12 bits per heavy atom. The van der Waals surface area contributed by atoms with Crippen molar-refractivity contribution in [3.63, 3.8) is 0 Å². The predicted molar refractivity (Wildman–Crippen MR) is 63.4 cm³/mol. The van der Waals surface area contributed by atoms with E-state index in [-0.39, 0.29) is 5.92 Å². The largest absolute Gasteiger partial charge is 0.339 e. The minimum atomic E-state index is 0.161. The Morgan fingerprint density at radius 3 is 2.76 bits per heavy atom. The van der Waals surface area contributed by atoms with Crippen LogP contribution in [-0.2, 0) is 6.42 Å². The molecule has 0 saturated heterocycles. The van der Waals surface area contributed by atoms with Gasteiger partial charge >= 0.3 is 0 Å². The van der Waals surface area contributed by atoms with Crippen LogP contribution < -0.4 is 5.73 Å². The van der Waals surface area contributed by atoms with E-state index in [0.717, 1.165) is 12.0 Å². The van der Waals surface area contributed by atoms with Crippen molar-refractivity contribution in [2.24, 2.45) is 5.73 Å². The van der Waals surface area contributed by atoms with Crippen LogP contribution in [0.3, 0.4) is 0 Å². The Hall–Kier alpha value is -1.75. The van der Waals surface area contributed by atoms with Crippen LogP contribution in [0.1, 0.15) is 36.5 Å². The van der Waals surface area contributed by atoms with Crippen LogP contribution in [0.4, 0.5) is 0 Å². The summed E-state index contributed by atoms with van der Waals surface area (Å²) in [4.78, 5) is 8.34. The summed E-state index contributed by atoms with van der Waals surface area (Å²) in [5, 5.41) is 3.97. The van der Waals surface area contributed by atoms with Crippen LogP contribution in [0.25, 0.3) is 0 Å². The number of hydrogen-bond donors (Lipinski definition) is 1. The lowest BCUT2D eigenvalue weighted by molar-refractivity contribution is 0.348. The zero-order chi connectivity index (χ0) is 12.1. The summed E-state index contributed by atoms with van der Waals surface area (Å²) in [7, 11) is 0. The number of aromatic nitrogens is 3. The van der Waals surface area contributed by atoms with Crippen LogP contribution in [0, 0.1) is 0 Å². The molecule has 90 valence electrons. The van der Waals surface area contributed by atoms with E-state index >= 15 is 0 Å². The van der Waals surface area contributed by atoms with Crippen LogP contribution in [0.15, 0.2) is 29.0 Å². The van der Waals surface area contributed by atoms with Crippen molar-refractivity contribution in [2.45, 2.75) is 25.7 Å². The van der Waals surface area contributed by atoms with Crippen molar-refractivity contribution in [1.82, 2.24) is 15.1 Å². The van der Waals surface area contributed by atoms with Gasteiger partial charge in [0.1, 0.15) is 0 Å². The average Bonchev–Trinajstić information content (AvgIpc) is 2.81. The lowest BCUT2D eigenvalue weighted by Gasteiger charge is -2.04. The molecule has 0 aromatic carbocycles. The molecule has 1 atom stereocenters. The molecule has 2 aromatic rings. The van der Waals surface area contributed by atoms with Gasteiger partial charge in [-0.2, -0.15) is 4.98 Å². The standard InChI is InChI=1S/C12H16N4O/c1-2-10(8-13)12-15-11(16-17-12)7-9-3-5-14-6-4-9/h3-6,10H,2,7-8,13H2,1H3. The van der Waals surface area contributed by atoms with E-state index in [9.17, 15) is 0 Å². The van der Waals surface area contributed by atoms with E-state index in [0.29, 0.717) is 24.7 Å². The van der Waals surface area contributed by atoms with Gasteiger partial charge in [-0.15, -0.1) is 0 Å². The van der Waals surface area contributed by atoms with Crippen molar-refractivity contribution in [3.05, 3.63) is 41.8 Å². The molecular formula is C12H16N4O. The number of rotatable bonds is 5. The monoisotopic (exact) mass is 232 g/mol. The first-order valence-electron chi connectivity index (χ1n) is 5.75. The van der Waals surface area contributed by atoms with Gasteiger partial charge < -0.3 is 10.3 Å². The third-order valence-corrected chi connectivity index (χ3v) is 2.72. The van der Waals surface area contributed by atoms with E-state index in [1.807, 2.05) is 12.1 Å².